The highest BCUT2D eigenvalue weighted by Crippen LogP contribution is 2.36. The molecule has 0 aromatic heterocycles. The van der Waals surface area contributed by atoms with Gasteiger partial charge >= 0.3 is 24.2 Å². The van der Waals surface area contributed by atoms with Crippen molar-refractivity contribution in [1.29, 1.82) is 0 Å². The van der Waals surface area contributed by atoms with Crippen LogP contribution in [0.4, 0.5) is 22.4 Å². The minimum absolute atomic E-state index is 0.271. The van der Waals surface area contributed by atoms with Crippen LogP contribution < -0.4 is 0 Å². The van der Waals surface area contributed by atoms with Gasteiger partial charge < -0.3 is 19.8 Å². The Labute approximate surface area is 170 Å². The van der Waals surface area contributed by atoms with Gasteiger partial charge in [-0.2, -0.15) is 13.2 Å². The first kappa shape index (κ1) is 25.2. The fourth-order valence-electron chi connectivity index (χ4n) is 2.79. The number of ether oxygens (including phenoxy) is 1. The molecule has 1 aromatic rings. The SMILES string of the molecule is CC(C)(C)OC(=O)N1CCC(C(=O)O)(c2ccc(F)cc2)CC1.O=C(O)C(F)(F)F. The van der Waals surface area contributed by atoms with Crippen molar-refractivity contribution in [3.8, 4) is 0 Å². The molecule has 0 saturated carbocycles. The Morgan fingerprint density at radius 3 is 1.77 bits per heavy atom. The van der Waals surface area contributed by atoms with Crippen LogP contribution in [0, 0.1) is 5.82 Å². The van der Waals surface area contributed by atoms with Gasteiger partial charge in [0.05, 0.1) is 5.41 Å². The highest BCUT2D eigenvalue weighted by molar-refractivity contribution is 5.82. The van der Waals surface area contributed by atoms with Crippen LogP contribution in [0.5, 0.6) is 0 Å². The summed E-state index contributed by atoms with van der Waals surface area (Å²) in [5.74, 6) is -4.11. The summed E-state index contributed by atoms with van der Waals surface area (Å²) in [5.41, 5.74) is -1.11. The number of hydrogen-bond donors (Lipinski definition) is 2. The number of amides is 1. The molecule has 1 saturated heterocycles. The Morgan fingerprint density at radius 1 is 1.00 bits per heavy atom. The van der Waals surface area contributed by atoms with E-state index in [9.17, 15) is 32.3 Å². The lowest BCUT2D eigenvalue weighted by atomic mass is 9.73. The topological polar surface area (TPSA) is 104 Å². The summed E-state index contributed by atoms with van der Waals surface area (Å²) >= 11 is 0. The van der Waals surface area contributed by atoms with E-state index < -0.39 is 41.0 Å². The number of likely N-dealkylation sites (tertiary alicyclic amines) is 1. The van der Waals surface area contributed by atoms with Crippen molar-refractivity contribution in [3.05, 3.63) is 35.6 Å². The molecule has 1 aliphatic rings. The van der Waals surface area contributed by atoms with Crippen molar-refractivity contribution in [2.24, 2.45) is 0 Å². The standard InChI is InChI=1S/C17H22FNO4.C2HF3O2/c1-16(2,3)23-15(22)19-10-8-17(9-11-19,14(20)21)12-4-6-13(18)7-5-12;3-2(4,5)1(6)7/h4-7H,8-11H2,1-3H3,(H,20,21);(H,6,7). The van der Waals surface area contributed by atoms with Gasteiger partial charge in [0.1, 0.15) is 11.4 Å². The van der Waals surface area contributed by atoms with E-state index in [2.05, 4.69) is 0 Å². The molecule has 2 rings (SSSR count). The summed E-state index contributed by atoms with van der Waals surface area (Å²) in [6.45, 7) is 5.94. The zero-order chi connectivity index (χ0) is 23.3. The lowest BCUT2D eigenvalue weighted by molar-refractivity contribution is -0.192. The molecule has 1 aromatic carbocycles. The molecule has 30 heavy (non-hydrogen) atoms. The van der Waals surface area contributed by atoms with Gasteiger partial charge in [0.2, 0.25) is 0 Å². The molecular weight excluding hydrogens is 414 g/mol. The van der Waals surface area contributed by atoms with E-state index in [4.69, 9.17) is 14.6 Å². The van der Waals surface area contributed by atoms with E-state index >= 15 is 0 Å². The van der Waals surface area contributed by atoms with Gasteiger partial charge in [0.15, 0.2) is 0 Å². The number of alkyl halides is 3. The van der Waals surface area contributed by atoms with E-state index in [1.54, 1.807) is 20.8 Å². The lowest BCUT2D eigenvalue weighted by Crippen LogP contribution is -2.50. The predicted octanol–water partition coefficient (Wildman–Crippen LogP) is 3.81. The summed E-state index contributed by atoms with van der Waals surface area (Å²) in [7, 11) is 0. The average molecular weight is 437 g/mol. The van der Waals surface area contributed by atoms with E-state index in [0.29, 0.717) is 18.7 Å². The fraction of sp³-hybridized carbons (Fsp3) is 0.526. The Morgan fingerprint density at radius 2 is 1.43 bits per heavy atom. The molecule has 7 nitrogen and oxygen atoms in total. The highest BCUT2D eigenvalue weighted by atomic mass is 19.4. The number of carboxylic acids is 2. The predicted molar refractivity (Wildman–Crippen MR) is 96.4 cm³/mol. The third-order valence-corrected chi connectivity index (χ3v) is 4.32. The zero-order valence-corrected chi connectivity index (χ0v) is 16.6. The number of hydrogen-bond acceptors (Lipinski definition) is 4. The van der Waals surface area contributed by atoms with Gasteiger partial charge in [-0.15, -0.1) is 0 Å². The second-order valence-corrected chi connectivity index (χ2v) is 7.66. The maximum absolute atomic E-state index is 13.1. The lowest BCUT2D eigenvalue weighted by Gasteiger charge is -2.39. The van der Waals surface area contributed by atoms with Crippen molar-refractivity contribution in [3.63, 3.8) is 0 Å². The van der Waals surface area contributed by atoms with Crippen molar-refractivity contribution in [1.82, 2.24) is 4.90 Å². The van der Waals surface area contributed by atoms with Crippen molar-refractivity contribution in [2.75, 3.05) is 13.1 Å². The number of rotatable bonds is 2. The van der Waals surface area contributed by atoms with Crippen molar-refractivity contribution < 1.29 is 46.9 Å². The highest BCUT2D eigenvalue weighted by Gasteiger charge is 2.44. The molecule has 1 aliphatic heterocycles. The van der Waals surface area contributed by atoms with Crippen LogP contribution in [0.15, 0.2) is 24.3 Å². The molecule has 0 aliphatic carbocycles. The van der Waals surface area contributed by atoms with Crippen molar-refractivity contribution >= 4 is 18.0 Å². The Balaban J connectivity index is 0.000000553. The molecule has 168 valence electrons. The van der Waals surface area contributed by atoms with Crippen LogP contribution in [-0.4, -0.2) is 58.0 Å². The zero-order valence-electron chi connectivity index (χ0n) is 16.6. The van der Waals surface area contributed by atoms with Crippen LogP contribution in [0.25, 0.3) is 0 Å². The van der Waals surface area contributed by atoms with Crippen LogP contribution >= 0.6 is 0 Å². The van der Waals surface area contributed by atoms with Crippen molar-refractivity contribution in [2.45, 2.75) is 50.8 Å². The quantitative estimate of drug-likeness (QED) is 0.682. The third kappa shape index (κ3) is 6.89. The van der Waals surface area contributed by atoms with Gasteiger partial charge in [-0.25, -0.2) is 14.0 Å². The summed E-state index contributed by atoms with van der Waals surface area (Å²) in [6.07, 6.45) is -4.98. The number of carbonyl (C=O) groups excluding carboxylic acids is 1. The summed E-state index contributed by atoms with van der Waals surface area (Å²) < 4.78 is 50.1. The van der Waals surface area contributed by atoms with Crippen LogP contribution in [-0.2, 0) is 19.7 Å². The smallest absolute Gasteiger partial charge is 0.481 e. The minimum atomic E-state index is -5.08. The largest absolute Gasteiger partial charge is 0.490 e. The van der Waals surface area contributed by atoms with Crippen LogP contribution in [0.2, 0.25) is 0 Å². The van der Waals surface area contributed by atoms with Gasteiger partial charge in [-0.1, -0.05) is 12.1 Å². The normalized spacial score (nSPS) is 16.2. The summed E-state index contributed by atoms with van der Waals surface area (Å²) in [5, 5.41) is 16.8. The van der Waals surface area contributed by atoms with Gasteiger partial charge in [-0.3, -0.25) is 4.79 Å². The van der Waals surface area contributed by atoms with Gasteiger partial charge in [0, 0.05) is 13.1 Å². The first-order chi connectivity index (χ1) is 13.6. The number of carboxylic acid groups (broad SMARTS) is 2. The second kappa shape index (κ2) is 9.31. The Hall–Kier alpha value is -2.85. The second-order valence-electron chi connectivity index (χ2n) is 7.66. The van der Waals surface area contributed by atoms with Gasteiger partial charge in [0.25, 0.3) is 0 Å². The molecule has 0 spiro atoms. The molecule has 1 fully saturated rings. The van der Waals surface area contributed by atoms with E-state index in [1.807, 2.05) is 0 Å². The molecule has 1 amide bonds. The van der Waals surface area contributed by atoms with Gasteiger partial charge in [-0.05, 0) is 51.3 Å². The Kier molecular flexibility index (Phi) is 7.82. The molecule has 0 radical (unpaired) electrons. The number of carbonyl (C=O) groups is 3. The van der Waals surface area contributed by atoms with E-state index in [-0.39, 0.29) is 12.8 Å². The minimum Gasteiger partial charge on any atom is -0.481 e. The van der Waals surface area contributed by atoms with Crippen LogP contribution in [0.1, 0.15) is 39.2 Å². The third-order valence-electron chi connectivity index (χ3n) is 4.32. The van der Waals surface area contributed by atoms with Crippen LogP contribution in [0.3, 0.4) is 0 Å². The van der Waals surface area contributed by atoms with E-state index in [1.165, 1.54) is 29.2 Å². The van der Waals surface area contributed by atoms with E-state index in [0.717, 1.165) is 0 Å². The molecular formula is C19H23F4NO6. The number of halogens is 4. The number of nitrogens with zero attached hydrogens (tertiary/aromatic N) is 1. The first-order valence-electron chi connectivity index (χ1n) is 8.86. The molecule has 1 heterocycles. The maximum atomic E-state index is 13.1. The molecule has 11 heteroatoms. The summed E-state index contributed by atoms with van der Waals surface area (Å²) in [4.78, 5) is 34.3. The molecule has 0 atom stereocenters. The summed E-state index contributed by atoms with van der Waals surface area (Å²) in [6, 6.07) is 5.54. The fourth-order valence-corrected chi connectivity index (χ4v) is 2.79. The Bertz CT molecular complexity index is 763. The number of aliphatic carboxylic acids is 2. The number of benzene rings is 1. The molecule has 2 N–H and O–H groups in total. The molecule has 0 bridgehead atoms. The monoisotopic (exact) mass is 437 g/mol. The number of piperidine rings is 1. The maximum Gasteiger partial charge on any atom is 0.490 e. The first-order valence-corrected chi connectivity index (χ1v) is 8.86. The average Bonchev–Trinajstić information content (AvgIpc) is 2.60. The molecule has 0 unspecified atom stereocenters.